The number of rotatable bonds is 4. The zero-order chi connectivity index (χ0) is 17.4. The van der Waals surface area contributed by atoms with Gasteiger partial charge in [0.05, 0.1) is 25.6 Å². The summed E-state index contributed by atoms with van der Waals surface area (Å²) in [6.07, 6.45) is 0. The average Bonchev–Trinajstić information content (AvgIpc) is 3.04. The lowest BCUT2D eigenvalue weighted by Crippen LogP contribution is -1.98. The molecule has 0 atom stereocenters. The zero-order valence-electron chi connectivity index (χ0n) is 13.8. The van der Waals surface area contributed by atoms with Crippen molar-refractivity contribution in [3.8, 4) is 16.4 Å². The molecule has 1 aromatic carbocycles. The molecule has 0 aliphatic rings. The van der Waals surface area contributed by atoms with Gasteiger partial charge in [0.2, 0.25) is 5.13 Å². The van der Waals surface area contributed by atoms with Crippen LogP contribution in [0.5, 0.6) is 0 Å². The molecule has 2 heterocycles. The molecule has 0 unspecified atom stereocenters. The molecule has 0 amide bonds. The van der Waals surface area contributed by atoms with Crippen molar-refractivity contribution in [1.29, 1.82) is 0 Å². The van der Waals surface area contributed by atoms with Crippen molar-refractivity contribution in [1.82, 2.24) is 14.8 Å². The van der Waals surface area contributed by atoms with Crippen LogP contribution in [-0.2, 0) is 0 Å². The van der Waals surface area contributed by atoms with E-state index >= 15 is 0 Å². The Hall–Kier alpha value is -1.01. The van der Waals surface area contributed by atoms with E-state index in [-0.39, 0.29) is 0 Å². The van der Waals surface area contributed by atoms with Gasteiger partial charge in [-0.15, -0.1) is 11.8 Å². The Kier molecular flexibility index (Phi) is 5.25. The maximum atomic E-state index is 6.19. The van der Waals surface area contributed by atoms with Crippen molar-refractivity contribution in [3.63, 3.8) is 0 Å². The summed E-state index contributed by atoms with van der Waals surface area (Å²) in [5.41, 5.74) is 3.95. The minimum Gasteiger partial charge on any atom is -0.217 e. The van der Waals surface area contributed by atoms with Gasteiger partial charge in [-0.2, -0.15) is 5.10 Å². The molecular weight excluding hydrogens is 381 g/mol. The van der Waals surface area contributed by atoms with Crippen LogP contribution in [0.1, 0.15) is 25.2 Å². The second-order valence-corrected chi connectivity index (χ2v) is 9.40. The van der Waals surface area contributed by atoms with Crippen molar-refractivity contribution in [2.24, 2.45) is 0 Å². The Bertz CT molecular complexity index is 884. The Morgan fingerprint density at radius 2 is 1.88 bits per heavy atom. The summed E-state index contributed by atoms with van der Waals surface area (Å²) >= 11 is 15.7. The van der Waals surface area contributed by atoms with E-state index in [1.54, 1.807) is 23.1 Å². The summed E-state index contributed by atoms with van der Waals surface area (Å²) in [5, 5.41) is 6.96. The van der Waals surface area contributed by atoms with Gasteiger partial charge in [-0.1, -0.05) is 54.5 Å². The van der Waals surface area contributed by atoms with Crippen LogP contribution >= 0.6 is 46.3 Å². The van der Waals surface area contributed by atoms with E-state index in [1.807, 2.05) is 36.7 Å². The van der Waals surface area contributed by atoms with Crippen LogP contribution in [-0.4, -0.2) is 20.0 Å². The normalized spacial score (nSPS) is 11.5. The largest absolute Gasteiger partial charge is 0.217 e. The van der Waals surface area contributed by atoms with E-state index in [1.165, 1.54) is 0 Å². The first kappa shape index (κ1) is 17.8. The Labute approximate surface area is 160 Å². The summed E-state index contributed by atoms with van der Waals surface area (Å²) in [7, 11) is 0. The molecule has 0 bridgehead atoms. The number of thioether (sulfide) groups is 1. The zero-order valence-corrected chi connectivity index (χ0v) is 16.9. The number of hydrogen-bond donors (Lipinski definition) is 0. The number of aromatic nitrogens is 3. The standard InChI is InChI=1S/C17H17Cl2N3S2/c1-9(2)23-16-15(12-5-6-13(18)14(19)8-12)20-17(24-16)22-11(4)7-10(3)21-22/h5-9H,1-4H3. The minimum absolute atomic E-state index is 0.459. The van der Waals surface area contributed by atoms with Crippen molar-refractivity contribution in [2.75, 3.05) is 0 Å². The maximum absolute atomic E-state index is 6.19. The van der Waals surface area contributed by atoms with Crippen LogP contribution in [0.2, 0.25) is 10.0 Å². The van der Waals surface area contributed by atoms with Crippen molar-refractivity contribution in [2.45, 2.75) is 37.2 Å². The van der Waals surface area contributed by atoms with Gasteiger partial charge in [0, 0.05) is 16.5 Å². The second kappa shape index (κ2) is 7.08. The summed E-state index contributed by atoms with van der Waals surface area (Å²) in [5.74, 6) is 0. The molecule has 0 saturated carbocycles. The highest BCUT2D eigenvalue weighted by atomic mass is 35.5. The van der Waals surface area contributed by atoms with Crippen LogP contribution in [0.4, 0.5) is 0 Å². The molecule has 24 heavy (non-hydrogen) atoms. The highest BCUT2D eigenvalue weighted by Crippen LogP contribution is 2.41. The van der Waals surface area contributed by atoms with Crippen molar-refractivity contribution < 1.29 is 0 Å². The Morgan fingerprint density at radius 1 is 1.12 bits per heavy atom. The molecule has 0 saturated heterocycles. The Balaban J connectivity index is 2.13. The molecule has 2 aromatic heterocycles. The molecule has 0 radical (unpaired) electrons. The molecule has 3 aromatic rings. The molecule has 0 N–H and O–H groups in total. The predicted octanol–water partition coefficient (Wildman–Crippen LogP) is 6.42. The summed E-state index contributed by atoms with van der Waals surface area (Å²) in [4.78, 5) is 4.85. The quantitative estimate of drug-likeness (QED) is 0.475. The molecule has 126 valence electrons. The van der Waals surface area contributed by atoms with E-state index < -0.39 is 0 Å². The van der Waals surface area contributed by atoms with Crippen LogP contribution in [0.3, 0.4) is 0 Å². The molecule has 0 fully saturated rings. The highest BCUT2D eigenvalue weighted by molar-refractivity contribution is 8.01. The molecule has 0 aliphatic carbocycles. The molecule has 7 heteroatoms. The average molecular weight is 398 g/mol. The molecule has 0 aliphatic heterocycles. The van der Waals surface area contributed by atoms with Gasteiger partial charge in [0.25, 0.3) is 0 Å². The fraction of sp³-hybridized carbons (Fsp3) is 0.294. The van der Waals surface area contributed by atoms with E-state index in [0.29, 0.717) is 15.3 Å². The maximum Gasteiger partial charge on any atom is 0.212 e. The highest BCUT2D eigenvalue weighted by Gasteiger charge is 2.18. The van der Waals surface area contributed by atoms with Crippen molar-refractivity contribution in [3.05, 3.63) is 45.7 Å². The first-order chi connectivity index (χ1) is 11.3. The lowest BCUT2D eigenvalue weighted by molar-refractivity contribution is 0.826. The molecule has 0 spiro atoms. The van der Waals surface area contributed by atoms with Crippen LogP contribution < -0.4 is 0 Å². The van der Waals surface area contributed by atoms with Gasteiger partial charge in [0.1, 0.15) is 0 Å². The third-order valence-corrected chi connectivity index (χ3v) is 6.29. The minimum atomic E-state index is 0.459. The number of halogens is 2. The lowest BCUT2D eigenvalue weighted by atomic mass is 10.2. The first-order valence-corrected chi connectivity index (χ1v) is 9.97. The Morgan fingerprint density at radius 3 is 2.46 bits per heavy atom. The SMILES string of the molecule is Cc1cc(C)n(-c2nc(-c3ccc(Cl)c(Cl)c3)c(SC(C)C)s2)n1. The topological polar surface area (TPSA) is 30.7 Å². The number of aryl methyl sites for hydroxylation is 2. The summed E-state index contributed by atoms with van der Waals surface area (Å²) in [6, 6.07) is 7.69. The number of benzene rings is 1. The van der Waals surface area contributed by atoms with E-state index in [4.69, 9.17) is 28.2 Å². The van der Waals surface area contributed by atoms with Crippen molar-refractivity contribution >= 4 is 46.3 Å². The van der Waals surface area contributed by atoms with E-state index in [2.05, 4.69) is 25.0 Å². The molecular formula is C17H17Cl2N3S2. The number of thiazole rings is 1. The summed E-state index contributed by atoms with van der Waals surface area (Å²) in [6.45, 7) is 8.37. The fourth-order valence-electron chi connectivity index (χ4n) is 2.33. The second-order valence-electron chi connectivity index (χ2n) is 5.77. The third kappa shape index (κ3) is 3.64. The smallest absolute Gasteiger partial charge is 0.212 e. The van der Waals surface area contributed by atoms with Gasteiger partial charge in [-0.05, 0) is 32.0 Å². The third-order valence-electron chi connectivity index (χ3n) is 3.31. The first-order valence-electron chi connectivity index (χ1n) is 7.51. The fourth-order valence-corrected chi connectivity index (χ4v) is 5.16. The lowest BCUT2D eigenvalue weighted by Gasteiger charge is -2.05. The van der Waals surface area contributed by atoms with Gasteiger partial charge in [-0.25, -0.2) is 9.67 Å². The van der Waals surface area contributed by atoms with Gasteiger partial charge < -0.3 is 0 Å². The van der Waals surface area contributed by atoms with Crippen LogP contribution in [0.15, 0.2) is 28.5 Å². The van der Waals surface area contributed by atoms with E-state index in [9.17, 15) is 0 Å². The number of hydrogen-bond acceptors (Lipinski definition) is 4. The van der Waals surface area contributed by atoms with E-state index in [0.717, 1.165) is 32.0 Å². The van der Waals surface area contributed by atoms with Crippen LogP contribution in [0, 0.1) is 13.8 Å². The summed E-state index contributed by atoms with van der Waals surface area (Å²) < 4.78 is 3.05. The molecule has 3 rings (SSSR count). The monoisotopic (exact) mass is 397 g/mol. The predicted molar refractivity (Wildman–Crippen MR) is 105 cm³/mol. The van der Waals surface area contributed by atoms with Gasteiger partial charge in [-0.3, -0.25) is 0 Å². The number of nitrogens with zero attached hydrogens (tertiary/aromatic N) is 3. The molecule has 3 nitrogen and oxygen atoms in total. The van der Waals surface area contributed by atoms with Gasteiger partial charge >= 0.3 is 0 Å². The van der Waals surface area contributed by atoms with Gasteiger partial charge in [0.15, 0.2) is 0 Å². The van der Waals surface area contributed by atoms with Crippen LogP contribution in [0.25, 0.3) is 16.4 Å².